The molecule has 0 aromatic carbocycles. The number of sulfone groups is 1. The maximum atomic E-state index is 12.0. The van der Waals surface area contributed by atoms with Gasteiger partial charge in [-0.25, -0.2) is 13.2 Å². The van der Waals surface area contributed by atoms with Crippen molar-refractivity contribution in [2.75, 3.05) is 19.0 Å². The minimum absolute atomic E-state index is 0.0515. The van der Waals surface area contributed by atoms with Crippen LogP contribution in [0.1, 0.15) is 46.0 Å². The van der Waals surface area contributed by atoms with Gasteiger partial charge in [0.2, 0.25) is 0 Å². The number of amides is 2. The van der Waals surface area contributed by atoms with E-state index in [9.17, 15) is 13.2 Å². The monoisotopic (exact) mass is 332 g/mol. The summed E-state index contributed by atoms with van der Waals surface area (Å²) in [5.41, 5.74) is 0. The molecule has 0 aromatic heterocycles. The zero-order valence-electron chi connectivity index (χ0n) is 13.5. The van der Waals surface area contributed by atoms with Crippen molar-refractivity contribution >= 4 is 15.9 Å². The lowest BCUT2D eigenvalue weighted by atomic mass is 9.93. The second kappa shape index (κ2) is 7.64. The molecule has 0 aliphatic carbocycles. The second-order valence-electron chi connectivity index (χ2n) is 6.72. The Balaban J connectivity index is 1.73. The van der Waals surface area contributed by atoms with Gasteiger partial charge in [0.05, 0.1) is 11.0 Å². The fourth-order valence-corrected chi connectivity index (χ4v) is 4.88. The van der Waals surface area contributed by atoms with Gasteiger partial charge < -0.3 is 15.4 Å². The molecule has 2 amide bonds. The molecular weight excluding hydrogens is 304 g/mol. The summed E-state index contributed by atoms with van der Waals surface area (Å²) in [5, 5.41) is 5.45. The Hall–Kier alpha value is -0.820. The van der Waals surface area contributed by atoms with E-state index in [4.69, 9.17) is 4.74 Å². The lowest BCUT2D eigenvalue weighted by molar-refractivity contribution is 0.0615. The van der Waals surface area contributed by atoms with E-state index in [0.29, 0.717) is 12.3 Å². The van der Waals surface area contributed by atoms with Gasteiger partial charge in [-0.15, -0.1) is 0 Å². The van der Waals surface area contributed by atoms with Crippen LogP contribution in [0.25, 0.3) is 0 Å². The van der Waals surface area contributed by atoms with E-state index in [1.54, 1.807) is 6.92 Å². The van der Waals surface area contributed by atoms with Crippen LogP contribution in [0.15, 0.2) is 0 Å². The molecule has 3 atom stereocenters. The van der Waals surface area contributed by atoms with Gasteiger partial charge in [0.15, 0.2) is 9.84 Å². The van der Waals surface area contributed by atoms with Gasteiger partial charge in [-0.05, 0) is 51.9 Å². The average molecular weight is 332 g/mol. The van der Waals surface area contributed by atoms with E-state index < -0.39 is 9.84 Å². The molecule has 2 aliphatic heterocycles. The first-order chi connectivity index (χ1) is 10.4. The third-order valence-corrected chi connectivity index (χ3v) is 7.04. The van der Waals surface area contributed by atoms with Crippen LogP contribution in [0.5, 0.6) is 0 Å². The van der Waals surface area contributed by atoms with Crippen molar-refractivity contribution in [1.29, 1.82) is 0 Å². The van der Waals surface area contributed by atoms with Crippen molar-refractivity contribution in [2.45, 2.75) is 63.3 Å². The van der Waals surface area contributed by atoms with Gasteiger partial charge in [0.1, 0.15) is 0 Å². The van der Waals surface area contributed by atoms with Gasteiger partial charge in [0.25, 0.3) is 0 Å². The minimum atomic E-state index is -3.06. The third kappa shape index (κ3) is 5.12. The molecule has 7 heteroatoms. The number of carbonyl (C=O) groups excluding carboxylic acids is 1. The Morgan fingerprint density at radius 1 is 1.23 bits per heavy atom. The normalized spacial score (nSPS) is 30.5. The first kappa shape index (κ1) is 17.5. The van der Waals surface area contributed by atoms with Gasteiger partial charge in [0, 0.05) is 25.3 Å². The van der Waals surface area contributed by atoms with E-state index in [-0.39, 0.29) is 29.1 Å². The summed E-state index contributed by atoms with van der Waals surface area (Å²) in [6, 6.07) is -0.437. The molecule has 2 saturated heterocycles. The van der Waals surface area contributed by atoms with E-state index in [2.05, 4.69) is 10.6 Å². The predicted octanol–water partition coefficient (Wildman–Crippen LogP) is 1.46. The minimum Gasteiger partial charge on any atom is -0.381 e. The fourth-order valence-electron chi connectivity index (χ4n) is 3.25. The highest BCUT2D eigenvalue weighted by atomic mass is 32.2. The molecule has 2 rings (SSSR count). The van der Waals surface area contributed by atoms with Crippen LogP contribution in [0.4, 0.5) is 4.79 Å². The van der Waals surface area contributed by atoms with Crippen LogP contribution in [-0.4, -0.2) is 50.7 Å². The zero-order valence-corrected chi connectivity index (χ0v) is 14.3. The molecule has 6 nitrogen and oxygen atoms in total. The highest BCUT2D eigenvalue weighted by Crippen LogP contribution is 2.21. The average Bonchev–Trinajstić information content (AvgIpc) is 2.43. The van der Waals surface area contributed by atoms with E-state index in [1.807, 2.05) is 6.92 Å². The van der Waals surface area contributed by atoms with Crippen LogP contribution >= 0.6 is 0 Å². The molecule has 0 saturated carbocycles. The van der Waals surface area contributed by atoms with E-state index in [0.717, 1.165) is 38.9 Å². The molecule has 2 fully saturated rings. The molecule has 22 heavy (non-hydrogen) atoms. The number of nitrogens with one attached hydrogen (secondary N) is 2. The molecule has 2 N–H and O–H groups in total. The van der Waals surface area contributed by atoms with Crippen LogP contribution in [0.3, 0.4) is 0 Å². The third-order valence-electron chi connectivity index (χ3n) is 4.71. The van der Waals surface area contributed by atoms with Crippen molar-refractivity contribution in [2.24, 2.45) is 5.92 Å². The number of carbonyl (C=O) groups is 1. The topological polar surface area (TPSA) is 84.5 Å². The summed E-state index contributed by atoms with van der Waals surface area (Å²) in [6.07, 6.45) is 4.38. The number of hydrogen-bond donors (Lipinski definition) is 2. The van der Waals surface area contributed by atoms with Gasteiger partial charge in [-0.3, -0.25) is 0 Å². The number of urea groups is 1. The summed E-state index contributed by atoms with van der Waals surface area (Å²) in [5.74, 6) is 0.649. The maximum absolute atomic E-state index is 12.0. The summed E-state index contributed by atoms with van der Waals surface area (Å²) in [7, 11) is -3.06. The molecule has 0 aromatic rings. The molecule has 2 heterocycles. The SMILES string of the molecule is CC(CC1CCOCC1)NC(=O)NC1CCC(C)S(=O)(=O)C1. The van der Waals surface area contributed by atoms with Crippen LogP contribution in [0.2, 0.25) is 0 Å². The summed E-state index contributed by atoms with van der Waals surface area (Å²) in [4.78, 5) is 12.0. The van der Waals surface area contributed by atoms with Crippen molar-refractivity contribution in [1.82, 2.24) is 10.6 Å². The van der Waals surface area contributed by atoms with Crippen molar-refractivity contribution in [3.8, 4) is 0 Å². The Labute approximate surface area is 133 Å². The number of ether oxygens (including phenoxy) is 1. The molecule has 0 bridgehead atoms. The number of rotatable bonds is 4. The van der Waals surface area contributed by atoms with Crippen molar-refractivity contribution in [3.63, 3.8) is 0 Å². The first-order valence-corrected chi connectivity index (χ1v) is 9.94. The number of hydrogen-bond acceptors (Lipinski definition) is 4. The highest BCUT2D eigenvalue weighted by molar-refractivity contribution is 7.92. The van der Waals surface area contributed by atoms with E-state index >= 15 is 0 Å². The summed E-state index contributed by atoms with van der Waals surface area (Å²) >= 11 is 0. The largest absolute Gasteiger partial charge is 0.381 e. The molecule has 3 unspecified atom stereocenters. The second-order valence-corrected chi connectivity index (χ2v) is 9.19. The molecular formula is C15H28N2O4S. The maximum Gasteiger partial charge on any atom is 0.315 e. The van der Waals surface area contributed by atoms with Crippen molar-refractivity contribution in [3.05, 3.63) is 0 Å². The highest BCUT2D eigenvalue weighted by Gasteiger charge is 2.32. The summed E-state index contributed by atoms with van der Waals surface area (Å²) < 4.78 is 29.1. The van der Waals surface area contributed by atoms with Crippen LogP contribution < -0.4 is 10.6 Å². The molecule has 128 valence electrons. The smallest absolute Gasteiger partial charge is 0.315 e. The molecule has 2 aliphatic rings. The van der Waals surface area contributed by atoms with Gasteiger partial charge in [-0.1, -0.05) is 0 Å². The first-order valence-electron chi connectivity index (χ1n) is 8.23. The Kier molecular flexibility index (Phi) is 6.09. The zero-order chi connectivity index (χ0) is 16.2. The van der Waals surface area contributed by atoms with Gasteiger partial charge in [-0.2, -0.15) is 0 Å². The Morgan fingerprint density at radius 2 is 1.91 bits per heavy atom. The van der Waals surface area contributed by atoms with Crippen LogP contribution in [-0.2, 0) is 14.6 Å². The van der Waals surface area contributed by atoms with Gasteiger partial charge >= 0.3 is 6.03 Å². The summed E-state index contributed by atoms with van der Waals surface area (Å²) in [6.45, 7) is 5.35. The van der Waals surface area contributed by atoms with Crippen molar-refractivity contribution < 1.29 is 17.9 Å². The quantitative estimate of drug-likeness (QED) is 0.816. The fraction of sp³-hybridized carbons (Fsp3) is 0.933. The molecule has 0 radical (unpaired) electrons. The Bertz CT molecular complexity index is 474. The molecule has 0 spiro atoms. The van der Waals surface area contributed by atoms with E-state index in [1.165, 1.54) is 0 Å². The lowest BCUT2D eigenvalue weighted by Gasteiger charge is -2.29. The lowest BCUT2D eigenvalue weighted by Crippen LogP contribution is -2.50. The predicted molar refractivity (Wildman–Crippen MR) is 85.6 cm³/mol. The van der Waals surface area contributed by atoms with Crippen LogP contribution in [0, 0.1) is 5.92 Å². The Morgan fingerprint density at radius 3 is 2.55 bits per heavy atom. The standard InChI is InChI=1S/C15H28N2O4S/c1-11(9-13-5-7-21-8-6-13)16-15(18)17-14-4-3-12(2)22(19,20)10-14/h11-14H,3-10H2,1-2H3,(H2,16,17,18).